The minimum Gasteiger partial charge on any atom is -0.0654 e. The Morgan fingerprint density at radius 3 is 1.82 bits per heavy atom. The number of rotatable bonds is 12. The molecule has 0 aliphatic heterocycles. The van der Waals surface area contributed by atoms with Crippen molar-refractivity contribution in [3.05, 3.63) is 5.92 Å². The summed E-state index contributed by atoms with van der Waals surface area (Å²) in [4.78, 5) is 0. The van der Waals surface area contributed by atoms with Gasteiger partial charge in [0.1, 0.15) is 0 Å². The number of unbranched alkanes of at least 4 members (excludes halogenated alkanes) is 7. The van der Waals surface area contributed by atoms with Crippen molar-refractivity contribution in [2.45, 2.75) is 98.3 Å². The van der Waals surface area contributed by atoms with E-state index in [9.17, 15) is 0 Å². The van der Waals surface area contributed by atoms with Crippen molar-refractivity contribution >= 4 is 0 Å². The van der Waals surface area contributed by atoms with Crippen molar-refractivity contribution in [2.75, 3.05) is 0 Å². The molecular weight excluding hydrogens is 204 g/mol. The minimum atomic E-state index is 0.935. The molecule has 0 aromatic rings. The van der Waals surface area contributed by atoms with E-state index >= 15 is 0 Å². The number of hydrogen-bond acceptors (Lipinski definition) is 0. The maximum atomic E-state index is 2.42. The summed E-state index contributed by atoms with van der Waals surface area (Å²) in [6, 6.07) is 0. The van der Waals surface area contributed by atoms with Crippen LogP contribution in [-0.2, 0) is 0 Å². The molecule has 1 unspecified atom stereocenters. The first-order chi connectivity index (χ1) is 8.16. The molecule has 103 valence electrons. The molecular formula is C17H35. The molecule has 0 aliphatic carbocycles. The molecule has 0 heteroatoms. The van der Waals surface area contributed by atoms with Crippen LogP contribution in [0.4, 0.5) is 0 Å². The van der Waals surface area contributed by atoms with Crippen LogP contribution in [0.25, 0.3) is 0 Å². The summed E-state index contributed by atoms with van der Waals surface area (Å²) in [6.07, 6.45) is 15.8. The third-order valence-corrected chi connectivity index (χ3v) is 3.69. The van der Waals surface area contributed by atoms with Gasteiger partial charge in [0.25, 0.3) is 0 Å². The summed E-state index contributed by atoms with van der Waals surface area (Å²) >= 11 is 0. The van der Waals surface area contributed by atoms with Crippen molar-refractivity contribution in [2.24, 2.45) is 5.92 Å². The fourth-order valence-electron chi connectivity index (χ4n) is 2.31. The van der Waals surface area contributed by atoms with Gasteiger partial charge in [0.15, 0.2) is 0 Å². The van der Waals surface area contributed by atoms with Gasteiger partial charge in [0.2, 0.25) is 0 Å². The molecule has 17 heavy (non-hydrogen) atoms. The zero-order valence-corrected chi connectivity index (χ0v) is 12.9. The summed E-state index contributed by atoms with van der Waals surface area (Å²) in [5.74, 6) is 2.53. The lowest BCUT2D eigenvalue weighted by atomic mass is 9.94. The lowest BCUT2D eigenvalue weighted by molar-refractivity contribution is 0.447. The summed E-state index contributed by atoms with van der Waals surface area (Å²) in [5, 5.41) is 0. The molecule has 0 aromatic carbocycles. The van der Waals surface area contributed by atoms with Gasteiger partial charge in [-0.25, -0.2) is 0 Å². The van der Waals surface area contributed by atoms with Gasteiger partial charge in [-0.3, -0.25) is 0 Å². The Hall–Kier alpha value is 0. The van der Waals surface area contributed by atoms with Gasteiger partial charge in [-0.15, -0.1) is 0 Å². The average Bonchev–Trinajstić information content (AvgIpc) is 2.30. The molecule has 0 saturated carbocycles. The van der Waals surface area contributed by atoms with Gasteiger partial charge >= 0.3 is 0 Å². The Morgan fingerprint density at radius 2 is 1.29 bits per heavy atom. The summed E-state index contributed by atoms with van der Waals surface area (Å²) in [7, 11) is 0. The number of hydrogen-bond donors (Lipinski definition) is 0. The SMILES string of the molecule is CCCCCCCCCCC(C)CC[C](C)C. The molecule has 0 bridgehead atoms. The topological polar surface area (TPSA) is 0 Å². The predicted octanol–water partition coefficient (Wildman–Crippen LogP) is 6.55. The second-order valence-electron chi connectivity index (χ2n) is 6.11. The zero-order chi connectivity index (χ0) is 12.9. The highest BCUT2D eigenvalue weighted by molar-refractivity contribution is 4.77. The van der Waals surface area contributed by atoms with Crippen LogP contribution >= 0.6 is 0 Å². The highest BCUT2D eigenvalue weighted by Crippen LogP contribution is 2.19. The Morgan fingerprint density at radius 1 is 0.765 bits per heavy atom. The van der Waals surface area contributed by atoms with Crippen molar-refractivity contribution in [3.8, 4) is 0 Å². The molecule has 0 spiro atoms. The maximum absolute atomic E-state index is 2.42. The third-order valence-electron chi connectivity index (χ3n) is 3.69. The van der Waals surface area contributed by atoms with Crippen molar-refractivity contribution in [1.29, 1.82) is 0 Å². The van der Waals surface area contributed by atoms with Crippen LogP contribution in [0, 0.1) is 11.8 Å². The largest absolute Gasteiger partial charge is 0.0654 e. The van der Waals surface area contributed by atoms with E-state index in [2.05, 4.69) is 27.7 Å². The van der Waals surface area contributed by atoms with Crippen LogP contribution < -0.4 is 0 Å². The van der Waals surface area contributed by atoms with Gasteiger partial charge in [-0.2, -0.15) is 0 Å². The lowest BCUT2D eigenvalue weighted by Gasteiger charge is -2.12. The summed E-state index contributed by atoms with van der Waals surface area (Å²) in [5.41, 5.74) is 0. The molecule has 0 nitrogen and oxygen atoms in total. The molecule has 1 atom stereocenters. The van der Waals surface area contributed by atoms with Crippen molar-refractivity contribution < 1.29 is 0 Å². The first kappa shape index (κ1) is 17.0. The van der Waals surface area contributed by atoms with Crippen LogP contribution in [0.5, 0.6) is 0 Å². The smallest absolute Gasteiger partial charge is 0.0303 e. The van der Waals surface area contributed by atoms with E-state index in [-0.39, 0.29) is 0 Å². The van der Waals surface area contributed by atoms with Gasteiger partial charge in [-0.05, 0) is 18.3 Å². The van der Waals surface area contributed by atoms with E-state index in [1.165, 1.54) is 70.6 Å². The van der Waals surface area contributed by atoms with Crippen LogP contribution in [-0.4, -0.2) is 0 Å². The molecule has 0 amide bonds. The Kier molecular flexibility index (Phi) is 12.5. The fourth-order valence-corrected chi connectivity index (χ4v) is 2.31. The molecule has 0 rings (SSSR count). The van der Waals surface area contributed by atoms with Crippen LogP contribution in [0.3, 0.4) is 0 Å². The third kappa shape index (κ3) is 13.9. The first-order valence-electron chi connectivity index (χ1n) is 7.95. The second-order valence-corrected chi connectivity index (χ2v) is 6.11. The van der Waals surface area contributed by atoms with E-state index in [4.69, 9.17) is 0 Å². The molecule has 0 saturated heterocycles. The molecule has 0 N–H and O–H groups in total. The molecule has 1 radical (unpaired) electrons. The zero-order valence-electron chi connectivity index (χ0n) is 12.9. The first-order valence-corrected chi connectivity index (χ1v) is 7.95. The second kappa shape index (κ2) is 12.5. The quantitative estimate of drug-likeness (QED) is 0.339. The standard InChI is InChI=1S/C17H35/c1-5-6-7-8-9-10-11-12-13-17(4)15-14-16(2)3/h17H,5-15H2,1-4H3. The van der Waals surface area contributed by atoms with E-state index in [1.807, 2.05) is 0 Å². The van der Waals surface area contributed by atoms with Crippen molar-refractivity contribution in [3.63, 3.8) is 0 Å². The predicted molar refractivity (Wildman–Crippen MR) is 80.2 cm³/mol. The molecule has 0 aliphatic rings. The van der Waals surface area contributed by atoms with Crippen LogP contribution in [0.15, 0.2) is 0 Å². The van der Waals surface area contributed by atoms with E-state index in [1.54, 1.807) is 5.92 Å². The highest BCUT2D eigenvalue weighted by Gasteiger charge is 2.03. The van der Waals surface area contributed by atoms with Gasteiger partial charge < -0.3 is 0 Å². The van der Waals surface area contributed by atoms with Gasteiger partial charge in [0, 0.05) is 0 Å². The lowest BCUT2D eigenvalue weighted by Crippen LogP contribution is -1.97. The minimum absolute atomic E-state index is 0.935. The molecule has 0 aromatic heterocycles. The Bertz CT molecular complexity index is 137. The summed E-state index contributed by atoms with van der Waals surface area (Å²) < 4.78 is 0. The normalized spacial score (nSPS) is 13.2. The van der Waals surface area contributed by atoms with Crippen molar-refractivity contribution in [1.82, 2.24) is 0 Å². The molecule has 0 heterocycles. The van der Waals surface area contributed by atoms with Gasteiger partial charge in [-0.1, -0.05) is 91.9 Å². The Labute approximate surface area is 111 Å². The van der Waals surface area contributed by atoms with Crippen LogP contribution in [0.1, 0.15) is 98.3 Å². The average molecular weight is 239 g/mol. The van der Waals surface area contributed by atoms with E-state index in [0.29, 0.717) is 0 Å². The monoisotopic (exact) mass is 239 g/mol. The summed E-state index contributed by atoms with van der Waals surface area (Å²) in [6.45, 7) is 9.22. The highest BCUT2D eigenvalue weighted by atomic mass is 14.1. The maximum Gasteiger partial charge on any atom is -0.0303 e. The van der Waals surface area contributed by atoms with E-state index < -0.39 is 0 Å². The fraction of sp³-hybridized carbons (Fsp3) is 0.941. The van der Waals surface area contributed by atoms with E-state index in [0.717, 1.165) is 5.92 Å². The van der Waals surface area contributed by atoms with Crippen LogP contribution in [0.2, 0.25) is 0 Å². The molecule has 0 fully saturated rings. The van der Waals surface area contributed by atoms with Gasteiger partial charge in [0.05, 0.1) is 0 Å². The Balaban J connectivity index is 3.11.